The van der Waals surface area contributed by atoms with Gasteiger partial charge in [0.2, 0.25) is 0 Å². The molecule has 3 unspecified atom stereocenters. The summed E-state index contributed by atoms with van der Waals surface area (Å²) in [6.07, 6.45) is 3.85. The lowest BCUT2D eigenvalue weighted by Crippen LogP contribution is -2.30. The predicted octanol–water partition coefficient (Wildman–Crippen LogP) is 5.34. The predicted molar refractivity (Wildman–Crippen MR) is 78.7 cm³/mol. The zero-order valence-corrected chi connectivity index (χ0v) is 12.7. The fourth-order valence-electron chi connectivity index (χ4n) is 2.51. The Labute approximate surface area is 117 Å². The maximum Gasteiger partial charge on any atom is 0.0487 e. The van der Waals surface area contributed by atoms with E-state index >= 15 is 0 Å². The van der Waals surface area contributed by atoms with Crippen LogP contribution in [0.3, 0.4) is 0 Å². The molecule has 0 bridgehead atoms. The van der Waals surface area contributed by atoms with Crippen molar-refractivity contribution in [1.82, 2.24) is 0 Å². The first-order chi connectivity index (χ1) is 8.06. The molecular weight excluding hydrogens is 298 g/mol. The van der Waals surface area contributed by atoms with E-state index in [1.54, 1.807) is 0 Å². The van der Waals surface area contributed by atoms with E-state index in [1.165, 1.54) is 19.3 Å². The largest absolute Gasteiger partial charge is 0.381 e. The van der Waals surface area contributed by atoms with Crippen LogP contribution in [-0.4, -0.2) is 6.04 Å². The molecule has 1 saturated carbocycles. The van der Waals surface area contributed by atoms with Gasteiger partial charge < -0.3 is 5.32 Å². The van der Waals surface area contributed by atoms with Gasteiger partial charge in [-0.15, -0.1) is 0 Å². The molecule has 3 atom stereocenters. The Morgan fingerprint density at radius 3 is 2.65 bits per heavy atom. The number of anilines is 1. The first-order valence-corrected chi connectivity index (χ1v) is 7.45. The lowest BCUT2D eigenvalue weighted by molar-refractivity contribution is 0.261. The van der Waals surface area contributed by atoms with Crippen LogP contribution in [-0.2, 0) is 0 Å². The standard InChI is InChI=1S/C14H19BrClN/c1-9-3-5-12(7-10(9)2)17-14-6-4-11(16)8-13(14)15/h4,6,8-10,12,17H,3,5,7H2,1-2H3. The second-order valence-corrected chi connectivity index (χ2v) is 6.52. The Kier molecular flexibility index (Phi) is 4.37. The van der Waals surface area contributed by atoms with E-state index in [2.05, 4.69) is 41.2 Å². The van der Waals surface area contributed by atoms with E-state index in [1.807, 2.05) is 12.1 Å². The van der Waals surface area contributed by atoms with Crippen molar-refractivity contribution in [2.45, 2.75) is 39.2 Å². The van der Waals surface area contributed by atoms with E-state index in [0.29, 0.717) is 6.04 Å². The molecule has 1 aliphatic rings. The van der Waals surface area contributed by atoms with Crippen LogP contribution in [0.2, 0.25) is 5.02 Å². The normalized spacial score (nSPS) is 29.1. The minimum Gasteiger partial charge on any atom is -0.381 e. The van der Waals surface area contributed by atoms with Gasteiger partial charge in [0.05, 0.1) is 0 Å². The summed E-state index contributed by atoms with van der Waals surface area (Å²) in [5, 5.41) is 4.39. The van der Waals surface area contributed by atoms with Gasteiger partial charge in [0.1, 0.15) is 0 Å². The molecule has 0 saturated heterocycles. The fourth-order valence-corrected chi connectivity index (χ4v) is 3.30. The summed E-state index contributed by atoms with van der Waals surface area (Å²) in [5.74, 6) is 1.68. The Hall–Kier alpha value is -0.210. The van der Waals surface area contributed by atoms with Gasteiger partial charge in [-0.25, -0.2) is 0 Å². The van der Waals surface area contributed by atoms with Crippen molar-refractivity contribution in [3.05, 3.63) is 27.7 Å². The molecule has 0 radical (unpaired) electrons. The fraction of sp³-hybridized carbons (Fsp3) is 0.571. The molecule has 0 aliphatic heterocycles. The van der Waals surface area contributed by atoms with Crippen LogP contribution in [0.15, 0.2) is 22.7 Å². The Balaban J connectivity index is 2.01. The summed E-state index contributed by atoms with van der Waals surface area (Å²) >= 11 is 9.50. The molecule has 1 aromatic rings. The first kappa shape index (κ1) is 13.2. The van der Waals surface area contributed by atoms with Gasteiger partial charge in [0, 0.05) is 21.2 Å². The van der Waals surface area contributed by atoms with Crippen LogP contribution in [0, 0.1) is 11.8 Å². The molecule has 17 heavy (non-hydrogen) atoms. The van der Waals surface area contributed by atoms with Gasteiger partial charge in [-0.05, 0) is 65.2 Å². The van der Waals surface area contributed by atoms with Crippen LogP contribution in [0.5, 0.6) is 0 Å². The molecule has 1 fully saturated rings. The second kappa shape index (κ2) is 5.62. The van der Waals surface area contributed by atoms with E-state index in [-0.39, 0.29) is 0 Å². The maximum atomic E-state index is 5.94. The molecule has 0 aromatic heterocycles. The number of benzene rings is 1. The molecule has 3 heteroatoms. The Bertz CT molecular complexity index is 394. The van der Waals surface area contributed by atoms with Gasteiger partial charge in [0.15, 0.2) is 0 Å². The van der Waals surface area contributed by atoms with E-state index in [4.69, 9.17) is 11.6 Å². The van der Waals surface area contributed by atoms with E-state index in [9.17, 15) is 0 Å². The quantitative estimate of drug-likeness (QED) is 0.776. The van der Waals surface area contributed by atoms with Crippen molar-refractivity contribution in [3.63, 3.8) is 0 Å². The Morgan fingerprint density at radius 2 is 2.00 bits per heavy atom. The van der Waals surface area contributed by atoms with Crippen molar-refractivity contribution in [2.75, 3.05) is 5.32 Å². The molecule has 0 amide bonds. The molecule has 2 rings (SSSR count). The third-order valence-electron chi connectivity index (χ3n) is 3.89. The smallest absolute Gasteiger partial charge is 0.0487 e. The number of hydrogen-bond acceptors (Lipinski definition) is 1. The summed E-state index contributed by atoms with van der Waals surface area (Å²) in [4.78, 5) is 0. The number of hydrogen-bond donors (Lipinski definition) is 1. The van der Waals surface area contributed by atoms with Gasteiger partial charge in [-0.1, -0.05) is 25.4 Å². The zero-order valence-electron chi connectivity index (χ0n) is 10.3. The second-order valence-electron chi connectivity index (χ2n) is 5.23. The van der Waals surface area contributed by atoms with Gasteiger partial charge in [-0.2, -0.15) is 0 Å². The van der Waals surface area contributed by atoms with Crippen LogP contribution >= 0.6 is 27.5 Å². The highest BCUT2D eigenvalue weighted by Crippen LogP contribution is 2.33. The molecule has 1 N–H and O–H groups in total. The van der Waals surface area contributed by atoms with Gasteiger partial charge in [0.25, 0.3) is 0 Å². The zero-order chi connectivity index (χ0) is 12.4. The van der Waals surface area contributed by atoms with E-state index < -0.39 is 0 Å². The lowest BCUT2D eigenvalue weighted by Gasteiger charge is -2.33. The van der Waals surface area contributed by atoms with Crippen molar-refractivity contribution in [2.24, 2.45) is 11.8 Å². The van der Waals surface area contributed by atoms with Crippen molar-refractivity contribution in [3.8, 4) is 0 Å². The van der Waals surface area contributed by atoms with Crippen LogP contribution in [0.1, 0.15) is 33.1 Å². The summed E-state index contributed by atoms with van der Waals surface area (Å²) in [6, 6.07) is 6.52. The minimum atomic E-state index is 0.596. The third kappa shape index (κ3) is 3.38. The molecule has 1 aliphatic carbocycles. The molecular formula is C14H19BrClN. The average molecular weight is 317 g/mol. The highest BCUT2D eigenvalue weighted by molar-refractivity contribution is 9.10. The topological polar surface area (TPSA) is 12.0 Å². The SMILES string of the molecule is CC1CCC(Nc2ccc(Cl)cc2Br)CC1C. The summed E-state index contributed by atoms with van der Waals surface area (Å²) in [7, 11) is 0. The number of halogens is 2. The van der Waals surface area contributed by atoms with E-state index in [0.717, 1.165) is 27.0 Å². The summed E-state index contributed by atoms with van der Waals surface area (Å²) in [6.45, 7) is 4.72. The van der Waals surface area contributed by atoms with Gasteiger partial charge >= 0.3 is 0 Å². The maximum absolute atomic E-state index is 5.94. The highest BCUT2D eigenvalue weighted by Gasteiger charge is 2.24. The lowest BCUT2D eigenvalue weighted by atomic mass is 9.79. The van der Waals surface area contributed by atoms with Crippen molar-refractivity contribution >= 4 is 33.2 Å². The number of rotatable bonds is 2. The number of nitrogens with one attached hydrogen (secondary N) is 1. The molecule has 0 spiro atoms. The molecule has 0 heterocycles. The molecule has 1 aromatic carbocycles. The highest BCUT2D eigenvalue weighted by atomic mass is 79.9. The van der Waals surface area contributed by atoms with Gasteiger partial charge in [-0.3, -0.25) is 0 Å². The minimum absolute atomic E-state index is 0.596. The van der Waals surface area contributed by atoms with Crippen molar-refractivity contribution in [1.29, 1.82) is 0 Å². The summed E-state index contributed by atoms with van der Waals surface area (Å²) < 4.78 is 1.05. The summed E-state index contributed by atoms with van der Waals surface area (Å²) in [5.41, 5.74) is 1.15. The van der Waals surface area contributed by atoms with Crippen LogP contribution in [0.25, 0.3) is 0 Å². The first-order valence-electron chi connectivity index (χ1n) is 6.28. The molecule has 94 valence electrons. The third-order valence-corrected chi connectivity index (χ3v) is 4.78. The Morgan fingerprint density at radius 1 is 1.24 bits per heavy atom. The molecule has 1 nitrogen and oxygen atoms in total. The average Bonchev–Trinajstić information content (AvgIpc) is 2.27. The van der Waals surface area contributed by atoms with Crippen molar-refractivity contribution < 1.29 is 0 Å². The monoisotopic (exact) mass is 315 g/mol. The van der Waals surface area contributed by atoms with Crippen LogP contribution in [0.4, 0.5) is 5.69 Å². The van der Waals surface area contributed by atoms with Crippen LogP contribution < -0.4 is 5.32 Å².